The summed E-state index contributed by atoms with van der Waals surface area (Å²) < 4.78 is 42.1. The van der Waals surface area contributed by atoms with Gasteiger partial charge < -0.3 is 28.9 Å². The van der Waals surface area contributed by atoms with E-state index >= 15 is 4.39 Å². The Morgan fingerprint density at radius 1 is 0.854 bits per heavy atom. The molecule has 1 N–H and O–H groups in total. The Morgan fingerprint density at radius 2 is 1.54 bits per heavy atom. The molecule has 0 bridgehead atoms. The lowest BCUT2D eigenvalue weighted by Gasteiger charge is -2.38. The highest BCUT2D eigenvalue weighted by atomic mass is 19.1. The number of hydrogen-bond acceptors (Lipinski definition) is 7. The summed E-state index contributed by atoms with van der Waals surface area (Å²) >= 11 is 0. The standard InChI is InChI=1S/C37H29F2N3O6/c38-25-8-10-26(11-9-25)42-20-29(36(44)45)35(43)28-18-30(39)32(19-31(28)42)40-14-16-41(17-15-40)33-22-48-37(46)34(33)24-6-12-27(13-7-24)47-21-23-4-2-1-3-5-23/h1-13,18-20H,14-17,21-22H2,(H,44,45). The van der Waals surface area contributed by atoms with Gasteiger partial charge in [-0.2, -0.15) is 0 Å². The van der Waals surface area contributed by atoms with Crippen molar-refractivity contribution in [3.05, 3.63) is 141 Å². The fraction of sp³-hybridized carbons (Fsp3) is 0.162. The molecule has 0 spiro atoms. The number of cyclic esters (lactones) is 1. The molecule has 0 radical (unpaired) electrons. The van der Waals surface area contributed by atoms with Gasteiger partial charge in [0, 0.05) is 43.4 Å². The van der Waals surface area contributed by atoms with Crippen LogP contribution in [0.3, 0.4) is 0 Å². The van der Waals surface area contributed by atoms with Crippen LogP contribution in [0.2, 0.25) is 0 Å². The Labute approximate surface area is 273 Å². The Hall–Kier alpha value is -5.97. The zero-order chi connectivity index (χ0) is 33.4. The van der Waals surface area contributed by atoms with Crippen molar-refractivity contribution in [2.45, 2.75) is 6.61 Å². The van der Waals surface area contributed by atoms with Gasteiger partial charge in [0.25, 0.3) is 0 Å². The number of hydrogen-bond donors (Lipinski definition) is 1. The number of nitrogens with zero attached hydrogens (tertiary/aromatic N) is 3. The van der Waals surface area contributed by atoms with Gasteiger partial charge >= 0.3 is 11.9 Å². The number of carboxylic acid groups (broad SMARTS) is 1. The number of fused-ring (bicyclic) bond motifs is 1. The van der Waals surface area contributed by atoms with Crippen LogP contribution < -0.4 is 15.1 Å². The Bertz CT molecular complexity index is 2120. The van der Waals surface area contributed by atoms with Crippen LogP contribution in [0, 0.1) is 11.6 Å². The molecule has 1 saturated heterocycles. The number of esters is 1. The Kier molecular flexibility index (Phi) is 8.10. The number of carboxylic acids is 1. The van der Waals surface area contributed by atoms with Gasteiger partial charge in [0.2, 0.25) is 5.43 Å². The molecule has 4 aromatic carbocycles. The average molecular weight is 650 g/mol. The summed E-state index contributed by atoms with van der Waals surface area (Å²) in [6.07, 6.45) is 1.17. The number of halogens is 2. The molecule has 2 aliphatic rings. The van der Waals surface area contributed by atoms with E-state index in [-0.39, 0.29) is 23.2 Å². The lowest BCUT2D eigenvalue weighted by atomic mass is 10.0. The van der Waals surface area contributed by atoms with Crippen LogP contribution in [0.1, 0.15) is 21.5 Å². The predicted octanol–water partition coefficient (Wildman–Crippen LogP) is 5.64. The number of aromatic carboxylic acids is 1. The zero-order valence-electron chi connectivity index (χ0n) is 25.6. The van der Waals surface area contributed by atoms with E-state index in [9.17, 15) is 23.9 Å². The molecule has 48 heavy (non-hydrogen) atoms. The second-order valence-electron chi connectivity index (χ2n) is 11.5. The van der Waals surface area contributed by atoms with Gasteiger partial charge in [0.15, 0.2) is 0 Å². The first kappa shape index (κ1) is 30.7. The number of carbonyl (C=O) groups excluding carboxylic acids is 1. The first-order valence-corrected chi connectivity index (χ1v) is 15.3. The molecule has 0 saturated carbocycles. The van der Waals surface area contributed by atoms with Gasteiger partial charge in [0.05, 0.1) is 22.5 Å². The molecule has 0 amide bonds. The molecule has 1 aromatic heterocycles. The van der Waals surface area contributed by atoms with Gasteiger partial charge in [-0.25, -0.2) is 18.4 Å². The number of anilines is 1. The van der Waals surface area contributed by atoms with E-state index in [0.717, 1.165) is 17.3 Å². The summed E-state index contributed by atoms with van der Waals surface area (Å²) in [5.41, 5.74) is 2.57. The number of carbonyl (C=O) groups is 2. The third-order valence-corrected chi connectivity index (χ3v) is 8.63. The smallest absolute Gasteiger partial charge is 0.341 e. The molecule has 1 fully saturated rings. The molecule has 2 aliphatic heterocycles. The van der Waals surface area contributed by atoms with E-state index in [0.29, 0.717) is 55.4 Å². The minimum Gasteiger partial charge on any atom is -0.489 e. The van der Waals surface area contributed by atoms with Crippen LogP contribution in [0.4, 0.5) is 14.5 Å². The molecule has 3 heterocycles. The highest BCUT2D eigenvalue weighted by Gasteiger charge is 2.32. The van der Waals surface area contributed by atoms with E-state index in [1.165, 1.54) is 41.1 Å². The summed E-state index contributed by atoms with van der Waals surface area (Å²) in [5, 5.41) is 9.54. The third kappa shape index (κ3) is 5.86. The van der Waals surface area contributed by atoms with Crippen molar-refractivity contribution >= 4 is 34.1 Å². The fourth-order valence-corrected chi connectivity index (χ4v) is 6.15. The first-order valence-electron chi connectivity index (χ1n) is 15.3. The highest BCUT2D eigenvalue weighted by molar-refractivity contribution is 6.19. The minimum absolute atomic E-state index is 0.105. The van der Waals surface area contributed by atoms with Crippen molar-refractivity contribution in [3.63, 3.8) is 0 Å². The second kappa shape index (κ2) is 12.7. The van der Waals surface area contributed by atoms with Crippen molar-refractivity contribution in [2.75, 3.05) is 37.7 Å². The van der Waals surface area contributed by atoms with Crippen molar-refractivity contribution < 1.29 is 33.0 Å². The monoisotopic (exact) mass is 649 g/mol. The number of pyridine rings is 1. The lowest BCUT2D eigenvalue weighted by molar-refractivity contribution is -0.134. The molecule has 242 valence electrons. The Balaban J connectivity index is 1.13. The molecule has 0 unspecified atom stereocenters. The molecular weight excluding hydrogens is 620 g/mol. The van der Waals surface area contributed by atoms with Crippen molar-refractivity contribution in [2.24, 2.45) is 0 Å². The van der Waals surface area contributed by atoms with Crippen LogP contribution in [-0.4, -0.2) is 59.3 Å². The van der Waals surface area contributed by atoms with Crippen LogP contribution in [0.15, 0.2) is 108 Å². The Morgan fingerprint density at radius 3 is 2.23 bits per heavy atom. The third-order valence-electron chi connectivity index (χ3n) is 8.63. The van der Waals surface area contributed by atoms with E-state index in [1.54, 1.807) is 0 Å². The largest absolute Gasteiger partial charge is 0.489 e. The topological polar surface area (TPSA) is 101 Å². The maximum absolute atomic E-state index is 15.6. The van der Waals surface area contributed by atoms with Gasteiger partial charge in [-0.3, -0.25) is 4.79 Å². The van der Waals surface area contributed by atoms with E-state index in [1.807, 2.05) is 59.5 Å². The van der Waals surface area contributed by atoms with Crippen LogP contribution in [0.5, 0.6) is 5.75 Å². The van der Waals surface area contributed by atoms with Crippen LogP contribution in [-0.2, 0) is 16.1 Å². The SMILES string of the molecule is O=C1OCC(N2CCN(c3cc4c(cc3F)c(=O)c(C(=O)O)cn4-c3ccc(F)cc3)CC2)=C1c1ccc(OCc2ccccc2)cc1. The number of ether oxygens (including phenoxy) is 2. The van der Waals surface area contributed by atoms with Crippen molar-refractivity contribution in [1.29, 1.82) is 0 Å². The summed E-state index contributed by atoms with van der Waals surface area (Å²) in [4.78, 5) is 41.6. The number of rotatable bonds is 8. The van der Waals surface area contributed by atoms with E-state index in [2.05, 4.69) is 4.90 Å². The molecular formula is C37H29F2N3O6. The summed E-state index contributed by atoms with van der Waals surface area (Å²) in [7, 11) is 0. The van der Waals surface area contributed by atoms with Gasteiger partial charge in [0.1, 0.15) is 36.2 Å². The van der Waals surface area contributed by atoms with E-state index < -0.39 is 34.6 Å². The van der Waals surface area contributed by atoms with Gasteiger partial charge in [-0.1, -0.05) is 42.5 Å². The lowest BCUT2D eigenvalue weighted by Crippen LogP contribution is -2.46. The van der Waals surface area contributed by atoms with E-state index in [4.69, 9.17) is 9.47 Å². The minimum atomic E-state index is -1.45. The number of benzene rings is 4. The summed E-state index contributed by atoms with van der Waals surface area (Å²) in [5.74, 6) is -2.34. The molecule has 7 rings (SSSR count). The zero-order valence-corrected chi connectivity index (χ0v) is 25.6. The molecule has 5 aromatic rings. The molecule has 9 nitrogen and oxygen atoms in total. The highest BCUT2D eigenvalue weighted by Crippen LogP contribution is 2.33. The first-order chi connectivity index (χ1) is 23.3. The molecule has 11 heteroatoms. The number of piperazine rings is 1. The average Bonchev–Trinajstić information content (AvgIpc) is 3.49. The van der Waals surface area contributed by atoms with Gasteiger partial charge in [-0.05, 0) is 59.7 Å². The van der Waals surface area contributed by atoms with Crippen molar-refractivity contribution in [1.82, 2.24) is 9.47 Å². The summed E-state index contributed by atoms with van der Waals surface area (Å²) in [6.45, 7) is 2.27. The fourth-order valence-electron chi connectivity index (χ4n) is 6.15. The number of aromatic nitrogens is 1. The predicted molar refractivity (Wildman–Crippen MR) is 175 cm³/mol. The maximum Gasteiger partial charge on any atom is 0.341 e. The summed E-state index contributed by atoms with van der Waals surface area (Å²) in [6, 6.07) is 25.0. The molecule has 0 aliphatic carbocycles. The van der Waals surface area contributed by atoms with Gasteiger partial charge in [-0.15, -0.1) is 0 Å². The quantitative estimate of drug-likeness (QED) is 0.216. The molecule has 0 atom stereocenters. The van der Waals surface area contributed by atoms with Crippen LogP contribution in [0.25, 0.3) is 22.2 Å². The maximum atomic E-state index is 15.6. The normalized spacial score (nSPS) is 14.8. The van der Waals surface area contributed by atoms with Crippen LogP contribution >= 0.6 is 0 Å². The van der Waals surface area contributed by atoms with Crippen molar-refractivity contribution in [3.8, 4) is 11.4 Å². The second-order valence-corrected chi connectivity index (χ2v) is 11.5.